The van der Waals surface area contributed by atoms with E-state index in [1.54, 1.807) is 18.9 Å². The van der Waals surface area contributed by atoms with Gasteiger partial charge in [0, 0.05) is 12.7 Å². The van der Waals surface area contributed by atoms with Crippen molar-refractivity contribution in [1.82, 2.24) is 0 Å². The number of rotatable bonds is 4. The molecule has 0 bridgehead atoms. The molecular formula is C17H19NO2. The third kappa shape index (κ3) is 3.18. The SMILES string of the molecule is Cc1ccccc1OC(C)C(=O)N(C)c1ccccc1. The van der Waals surface area contributed by atoms with E-state index >= 15 is 0 Å². The van der Waals surface area contributed by atoms with Gasteiger partial charge in [0.25, 0.3) is 5.91 Å². The van der Waals surface area contributed by atoms with Crippen molar-refractivity contribution in [3.63, 3.8) is 0 Å². The Kier molecular flexibility index (Phi) is 4.41. The first-order valence-electron chi connectivity index (χ1n) is 6.64. The lowest BCUT2D eigenvalue weighted by molar-refractivity contribution is -0.124. The lowest BCUT2D eigenvalue weighted by Crippen LogP contribution is -2.38. The lowest BCUT2D eigenvalue weighted by atomic mass is 10.2. The summed E-state index contributed by atoms with van der Waals surface area (Å²) in [6, 6.07) is 17.2. The van der Waals surface area contributed by atoms with E-state index in [0.29, 0.717) is 0 Å². The minimum atomic E-state index is -0.527. The molecule has 0 saturated heterocycles. The van der Waals surface area contributed by atoms with Gasteiger partial charge in [0.2, 0.25) is 0 Å². The molecule has 0 fully saturated rings. The third-order valence-corrected chi connectivity index (χ3v) is 3.22. The molecule has 2 aromatic carbocycles. The van der Waals surface area contributed by atoms with Gasteiger partial charge in [-0.15, -0.1) is 0 Å². The fourth-order valence-corrected chi connectivity index (χ4v) is 1.98. The van der Waals surface area contributed by atoms with E-state index in [1.165, 1.54) is 0 Å². The van der Waals surface area contributed by atoms with E-state index in [2.05, 4.69) is 0 Å². The topological polar surface area (TPSA) is 29.5 Å². The Hall–Kier alpha value is -2.29. The number of carbonyl (C=O) groups is 1. The number of likely N-dealkylation sites (N-methyl/N-ethyl adjacent to an activating group) is 1. The number of anilines is 1. The van der Waals surface area contributed by atoms with Crippen molar-refractivity contribution < 1.29 is 9.53 Å². The third-order valence-electron chi connectivity index (χ3n) is 3.22. The maximum absolute atomic E-state index is 12.4. The molecule has 0 radical (unpaired) electrons. The van der Waals surface area contributed by atoms with Crippen molar-refractivity contribution in [3.05, 3.63) is 60.2 Å². The molecule has 0 saturated carbocycles. The summed E-state index contributed by atoms with van der Waals surface area (Å²) in [5, 5.41) is 0. The minimum Gasteiger partial charge on any atom is -0.481 e. The molecule has 0 heterocycles. The van der Waals surface area contributed by atoms with E-state index < -0.39 is 6.10 Å². The Bertz CT molecular complexity index is 581. The highest BCUT2D eigenvalue weighted by Gasteiger charge is 2.20. The fourth-order valence-electron chi connectivity index (χ4n) is 1.98. The van der Waals surface area contributed by atoms with Crippen LogP contribution < -0.4 is 9.64 Å². The van der Waals surface area contributed by atoms with Crippen molar-refractivity contribution in [1.29, 1.82) is 0 Å². The van der Waals surface area contributed by atoms with Gasteiger partial charge in [-0.25, -0.2) is 0 Å². The number of aryl methyl sites for hydroxylation is 1. The zero-order valence-electron chi connectivity index (χ0n) is 12.0. The molecular weight excluding hydrogens is 250 g/mol. The number of benzene rings is 2. The van der Waals surface area contributed by atoms with Crippen LogP contribution in [0, 0.1) is 6.92 Å². The largest absolute Gasteiger partial charge is 0.481 e. The first-order valence-corrected chi connectivity index (χ1v) is 6.64. The highest BCUT2D eigenvalue weighted by atomic mass is 16.5. The van der Waals surface area contributed by atoms with Gasteiger partial charge in [0.1, 0.15) is 5.75 Å². The predicted molar refractivity (Wildman–Crippen MR) is 81.1 cm³/mol. The van der Waals surface area contributed by atoms with Crippen LogP contribution in [-0.2, 0) is 4.79 Å². The summed E-state index contributed by atoms with van der Waals surface area (Å²) in [6.45, 7) is 3.74. The quantitative estimate of drug-likeness (QED) is 0.851. The second-order valence-corrected chi connectivity index (χ2v) is 4.76. The predicted octanol–water partition coefficient (Wildman–Crippen LogP) is 3.43. The molecule has 2 aromatic rings. The first kappa shape index (κ1) is 14.1. The summed E-state index contributed by atoms with van der Waals surface area (Å²) in [6.07, 6.45) is -0.527. The number of hydrogen-bond donors (Lipinski definition) is 0. The molecule has 1 amide bonds. The van der Waals surface area contributed by atoms with Gasteiger partial charge in [-0.2, -0.15) is 0 Å². The average Bonchev–Trinajstić information content (AvgIpc) is 2.49. The number of nitrogens with zero attached hydrogens (tertiary/aromatic N) is 1. The van der Waals surface area contributed by atoms with E-state index in [4.69, 9.17) is 4.74 Å². The van der Waals surface area contributed by atoms with Crippen LogP contribution in [0.3, 0.4) is 0 Å². The van der Waals surface area contributed by atoms with Gasteiger partial charge >= 0.3 is 0 Å². The average molecular weight is 269 g/mol. The van der Waals surface area contributed by atoms with E-state index in [9.17, 15) is 4.79 Å². The van der Waals surface area contributed by atoms with Crippen molar-refractivity contribution in [2.24, 2.45) is 0 Å². The first-order chi connectivity index (χ1) is 9.59. The second kappa shape index (κ2) is 6.24. The van der Waals surface area contributed by atoms with Crippen molar-refractivity contribution >= 4 is 11.6 Å². The zero-order valence-corrected chi connectivity index (χ0v) is 12.0. The van der Waals surface area contributed by atoms with Crippen LogP contribution >= 0.6 is 0 Å². The molecule has 1 atom stereocenters. The summed E-state index contributed by atoms with van der Waals surface area (Å²) >= 11 is 0. The number of amides is 1. The van der Waals surface area contributed by atoms with Crippen molar-refractivity contribution in [3.8, 4) is 5.75 Å². The highest BCUT2D eigenvalue weighted by Crippen LogP contribution is 2.19. The molecule has 2 rings (SSSR count). The van der Waals surface area contributed by atoms with Gasteiger partial charge in [-0.05, 0) is 37.6 Å². The molecule has 0 N–H and O–H groups in total. The highest BCUT2D eigenvalue weighted by molar-refractivity contribution is 5.96. The van der Waals surface area contributed by atoms with Crippen LogP contribution in [-0.4, -0.2) is 19.1 Å². The van der Waals surface area contributed by atoms with Crippen molar-refractivity contribution in [2.75, 3.05) is 11.9 Å². The van der Waals surface area contributed by atoms with Crippen molar-refractivity contribution in [2.45, 2.75) is 20.0 Å². The van der Waals surface area contributed by atoms with E-state index in [1.807, 2.05) is 61.5 Å². The molecule has 0 aliphatic heterocycles. The maximum Gasteiger partial charge on any atom is 0.267 e. The second-order valence-electron chi connectivity index (χ2n) is 4.76. The Balaban J connectivity index is 2.08. The number of carbonyl (C=O) groups excluding carboxylic acids is 1. The normalized spacial score (nSPS) is 11.8. The summed E-state index contributed by atoms with van der Waals surface area (Å²) in [5.74, 6) is 0.675. The van der Waals surface area contributed by atoms with Crippen LogP contribution in [0.2, 0.25) is 0 Å². The van der Waals surface area contributed by atoms with Crippen LogP contribution in [0.25, 0.3) is 0 Å². The molecule has 0 aliphatic carbocycles. The lowest BCUT2D eigenvalue weighted by Gasteiger charge is -2.22. The Morgan fingerprint density at radius 1 is 1.05 bits per heavy atom. The summed E-state index contributed by atoms with van der Waals surface area (Å²) < 4.78 is 5.76. The summed E-state index contributed by atoms with van der Waals surface area (Å²) in [5.41, 5.74) is 1.88. The van der Waals surface area contributed by atoms with Crippen LogP contribution in [0.1, 0.15) is 12.5 Å². The van der Waals surface area contributed by atoms with Gasteiger partial charge in [-0.3, -0.25) is 4.79 Å². The Labute approximate surface area is 119 Å². The fraction of sp³-hybridized carbons (Fsp3) is 0.235. The molecule has 20 heavy (non-hydrogen) atoms. The Morgan fingerprint density at radius 2 is 1.65 bits per heavy atom. The van der Waals surface area contributed by atoms with Gasteiger partial charge in [0.15, 0.2) is 6.10 Å². The van der Waals surface area contributed by atoms with E-state index in [0.717, 1.165) is 17.0 Å². The maximum atomic E-state index is 12.4. The summed E-state index contributed by atoms with van der Waals surface area (Å²) in [7, 11) is 1.76. The van der Waals surface area contributed by atoms with Crippen LogP contribution in [0.5, 0.6) is 5.75 Å². The molecule has 1 unspecified atom stereocenters. The van der Waals surface area contributed by atoms with Crippen LogP contribution in [0.4, 0.5) is 5.69 Å². The zero-order chi connectivity index (χ0) is 14.5. The molecule has 3 heteroatoms. The molecule has 0 spiro atoms. The number of hydrogen-bond acceptors (Lipinski definition) is 2. The van der Waals surface area contributed by atoms with E-state index in [-0.39, 0.29) is 5.91 Å². The number of ether oxygens (including phenoxy) is 1. The molecule has 0 aliphatic rings. The molecule has 104 valence electrons. The standard InChI is InChI=1S/C17H19NO2/c1-13-9-7-8-12-16(13)20-14(2)17(19)18(3)15-10-5-4-6-11-15/h4-12,14H,1-3H3. The smallest absolute Gasteiger partial charge is 0.267 e. The number of para-hydroxylation sites is 2. The Morgan fingerprint density at radius 3 is 2.30 bits per heavy atom. The molecule has 3 nitrogen and oxygen atoms in total. The monoisotopic (exact) mass is 269 g/mol. The van der Waals surface area contributed by atoms with Gasteiger partial charge in [0.05, 0.1) is 0 Å². The van der Waals surface area contributed by atoms with Gasteiger partial charge in [-0.1, -0.05) is 36.4 Å². The minimum absolute atomic E-state index is 0.0700. The molecule has 0 aromatic heterocycles. The van der Waals surface area contributed by atoms with Crippen LogP contribution in [0.15, 0.2) is 54.6 Å². The summed E-state index contributed by atoms with van der Waals surface area (Å²) in [4.78, 5) is 14.0. The van der Waals surface area contributed by atoms with Gasteiger partial charge < -0.3 is 9.64 Å².